The first-order valence-electron chi connectivity index (χ1n) is 8.22. The summed E-state index contributed by atoms with van der Waals surface area (Å²) < 4.78 is 30.5. The van der Waals surface area contributed by atoms with E-state index >= 15 is 0 Å². The number of carbonyl (C=O) groups excluding carboxylic acids is 1. The van der Waals surface area contributed by atoms with Gasteiger partial charge in [0, 0.05) is 25.2 Å². The van der Waals surface area contributed by atoms with Crippen molar-refractivity contribution in [2.45, 2.75) is 19.9 Å². The van der Waals surface area contributed by atoms with E-state index < -0.39 is 10.0 Å². The zero-order chi connectivity index (χ0) is 19.2. The Bertz CT molecular complexity index is 848. The van der Waals surface area contributed by atoms with Crippen LogP contribution >= 0.6 is 0 Å². The molecule has 0 aromatic heterocycles. The van der Waals surface area contributed by atoms with Gasteiger partial charge in [0.2, 0.25) is 15.9 Å². The summed E-state index contributed by atoms with van der Waals surface area (Å²) in [6, 6.07) is 14.6. The minimum atomic E-state index is -3.43. The first-order chi connectivity index (χ1) is 12.3. The van der Waals surface area contributed by atoms with Gasteiger partial charge in [-0.3, -0.25) is 4.79 Å². The Morgan fingerprint density at radius 2 is 1.85 bits per heavy atom. The Labute approximate surface area is 154 Å². The van der Waals surface area contributed by atoms with Crippen molar-refractivity contribution in [3.05, 3.63) is 59.7 Å². The highest BCUT2D eigenvalue weighted by Crippen LogP contribution is 2.15. The third-order valence-corrected chi connectivity index (χ3v) is 5.13. The van der Waals surface area contributed by atoms with Crippen LogP contribution in [0.25, 0.3) is 0 Å². The van der Waals surface area contributed by atoms with Gasteiger partial charge in [-0.25, -0.2) is 8.42 Å². The maximum absolute atomic E-state index is 12.1. The number of amides is 1. The van der Waals surface area contributed by atoms with E-state index in [9.17, 15) is 13.2 Å². The first kappa shape index (κ1) is 19.9. The summed E-state index contributed by atoms with van der Waals surface area (Å²) in [7, 11) is -1.86. The van der Waals surface area contributed by atoms with Crippen LogP contribution in [0.2, 0.25) is 0 Å². The lowest BCUT2D eigenvalue weighted by Crippen LogP contribution is -2.32. The Kier molecular flexibility index (Phi) is 6.76. The van der Waals surface area contributed by atoms with Crippen molar-refractivity contribution in [2.24, 2.45) is 0 Å². The number of benzene rings is 2. The smallest absolute Gasteiger partial charge is 0.225 e. The van der Waals surface area contributed by atoms with Crippen molar-refractivity contribution >= 4 is 21.6 Å². The number of nitrogens with one attached hydrogen (secondary N) is 1. The molecule has 1 amide bonds. The Balaban J connectivity index is 1.98. The summed E-state index contributed by atoms with van der Waals surface area (Å²) in [5, 5.41) is 2.79. The van der Waals surface area contributed by atoms with Gasteiger partial charge in [0.1, 0.15) is 5.75 Å². The van der Waals surface area contributed by atoms with E-state index in [1.807, 2.05) is 37.3 Å². The van der Waals surface area contributed by atoms with Gasteiger partial charge in [-0.05, 0) is 42.3 Å². The highest BCUT2D eigenvalue weighted by atomic mass is 32.2. The lowest BCUT2D eigenvalue weighted by Gasteiger charge is -2.20. The average Bonchev–Trinajstić information content (AvgIpc) is 2.58. The monoisotopic (exact) mass is 376 g/mol. The van der Waals surface area contributed by atoms with Gasteiger partial charge >= 0.3 is 0 Å². The van der Waals surface area contributed by atoms with Gasteiger partial charge in [0.15, 0.2) is 0 Å². The molecule has 0 aliphatic heterocycles. The fourth-order valence-electron chi connectivity index (χ4n) is 2.47. The molecule has 0 radical (unpaired) electrons. The SMILES string of the molecule is COc1ccc(CN(CCC(=O)Nc2cccc(C)c2)S(C)(=O)=O)cc1. The fraction of sp³-hybridized carbons (Fsp3) is 0.316. The zero-order valence-corrected chi connectivity index (χ0v) is 16.0. The Morgan fingerprint density at radius 1 is 1.15 bits per heavy atom. The van der Waals surface area contributed by atoms with Crippen molar-refractivity contribution in [2.75, 3.05) is 25.2 Å². The third-order valence-electron chi connectivity index (χ3n) is 3.88. The van der Waals surface area contributed by atoms with Gasteiger partial charge in [-0.15, -0.1) is 0 Å². The van der Waals surface area contributed by atoms with E-state index in [-0.39, 0.29) is 25.4 Å². The zero-order valence-electron chi connectivity index (χ0n) is 15.2. The maximum Gasteiger partial charge on any atom is 0.225 e. The Hall–Kier alpha value is -2.38. The molecule has 0 fully saturated rings. The molecule has 2 rings (SSSR count). The number of sulfonamides is 1. The second kappa shape index (κ2) is 8.82. The molecule has 7 heteroatoms. The lowest BCUT2D eigenvalue weighted by molar-refractivity contribution is -0.116. The predicted molar refractivity (Wildman–Crippen MR) is 103 cm³/mol. The first-order valence-corrected chi connectivity index (χ1v) is 10.1. The normalized spacial score (nSPS) is 11.4. The molecule has 0 spiro atoms. The molecule has 2 aromatic carbocycles. The quantitative estimate of drug-likeness (QED) is 0.769. The summed E-state index contributed by atoms with van der Waals surface area (Å²) in [5.41, 5.74) is 2.58. The van der Waals surface area contributed by atoms with Crippen molar-refractivity contribution in [3.8, 4) is 5.75 Å². The number of rotatable bonds is 8. The van der Waals surface area contributed by atoms with Gasteiger partial charge in [-0.2, -0.15) is 4.31 Å². The molecule has 1 N–H and O–H groups in total. The molecule has 0 aliphatic rings. The van der Waals surface area contributed by atoms with E-state index in [0.29, 0.717) is 11.4 Å². The minimum absolute atomic E-state index is 0.0805. The molecule has 2 aromatic rings. The van der Waals surface area contributed by atoms with Gasteiger partial charge in [0.05, 0.1) is 13.4 Å². The molecule has 0 saturated heterocycles. The standard InChI is InChI=1S/C19H24N2O4S/c1-15-5-4-6-17(13-15)20-19(22)11-12-21(26(3,23)24)14-16-7-9-18(25-2)10-8-16/h4-10,13H,11-12,14H2,1-3H3,(H,20,22). The van der Waals surface area contributed by atoms with E-state index in [1.54, 1.807) is 25.3 Å². The Morgan fingerprint density at radius 3 is 2.42 bits per heavy atom. The number of hydrogen-bond acceptors (Lipinski definition) is 4. The number of anilines is 1. The van der Waals surface area contributed by atoms with Gasteiger partial charge in [0.25, 0.3) is 0 Å². The fourth-order valence-corrected chi connectivity index (χ4v) is 3.28. The summed E-state index contributed by atoms with van der Waals surface area (Å²) >= 11 is 0. The molecule has 0 bridgehead atoms. The van der Waals surface area contributed by atoms with Crippen molar-refractivity contribution in [3.63, 3.8) is 0 Å². The highest BCUT2D eigenvalue weighted by molar-refractivity contribution is 7.88. The van der Waals surface area contributed by atoms with Crippen LogP contribution in [0.15, 0.2) is 48.5 Å². The lowest BCUT2D eigenvalue weighted by atomic mass is 10.2. The summed E-state index contributed by atoms with van der Waals surface area (Å²) in [5.74, 6) is 0.483. The van der Waals surface area contributed by atoms with Crippen LogP contribution in [0, 0.1) is 6.92 Å². The van der Waals surface area contributed by atoms with Crippen LogP contribution < -0.4 is 10.1 Å². The number of aryl methyl sites for hydroxylation is 1. The van der Waals surface area contributed by atoms with E-state index in [2.05, 4.69) is 5.32 Å². The van der Waals surface area contributed by atoms with Gasteiger partial charge in [-0.1, -0.05) is 24.3 Å². The number of carbonyl (C=O) groups is 1. The topological polar surface area (TPSA) is 75.7 Å². The second-order valence-corrected chi connectivity index (χ2v) is 8.09. The van der Waals surface area contributed by atoms with Crippen LogP contribution in [0.5, 0.6) is 5.75 Å². The van der Waals surface area contributed by atoms with Crippen molar-refractivity contribution in [1.82, 2.24) is 4.31 Å². The van der Waals surface area contributed by atoms with Crippen LogP contribution in [-0.2, 0) is 21.4 Å². The van der Waals surface area contributed by atoms with Crippen molar-refractivity contribution < 1.29 is 17.9 Å². The third kappa shape index (κ3) is 6.16. The molecular formula is C19H24N2O4S. The summed E-state index contributed by atoms with van der Waals surface area (Å²) in [4.78, 5) is 12.1. The molecule has 0 aliphatic carbocycles. The molecule has 140 valence electrons. The molecule has 0 heterocycles. The predicted octanol–water partition coefficient (Wildman–Crippen LogP) is 2.79. The molecule has 6 nitrogen and oxygen atoms in total. The van der Waals surface area contributed by atoms with Crippen molar-refractivity contribution in [1.29, 1.82) is 0 Å². The molecule has 0 saturated carbocycles. The largest absolute Gasteiger partial charge is 0.497 e. The van der Waals surface area contributed by atoms with Crippen LogP contribution in [0.3, 0.4) is 0 Å². The van der Waals surface area contributed by atoms with E-state index in [0.717, 1.165) is 17.4 Å². The van der Waals surface area contributed by atoms with Gasteiger partial charge < -0.3 is 10.1 Å². The number of hydrogen-bond donors (Lipinski definition) is 1. The second-order valence-electron chi connectivity index (χ2n) is 6.11. The molecule has 0 atom stereocenters. The van der Waals surface area contributed by atoms with Crippen LogP contribution in [-0.4, -0.2) is 38.5 Å². The number of methoxy groups -OCH3 is 1. The van der Waals surface area contributed by atoms with Crippen LogP contribution in [0.1, 0.15) is 17.5 Å². The molecule has 0 unspecified atom stereocenters. The molecular weight excluding hydrogens is 352 g/mol. The summed E-state index contributed by atoms with van der Waals surface area (Å²) in [6.07, 6.45) is 1.23. The maximum atomic E-state index is 12.1. The number of ether oxygens (including phenoxy) is 1. The highest BCUT2D eigenvalue weighted by Gasteiger charge is 2.18. The van der Waals surface area contributed by atoms with E-state index in [4.69, 9.17) is 4.74 Å². The van der Waals surface area contributed by atoms with Crippen LogP contribution in [0.4, 0.5) is 5.69 Å². The molecule has 26 heavy (non-hydrogen) atoms. The summed E-state index contributed by atoms with van der Waals surface area (Å²) in [6.45, 7) is 2.26. The number of nitrogens with zero attached hydrogens (tertiary/aromatic N) is 1. The minimum Gasteiger partial charge on any atom is -0.497 e. The van der Waals surface area contributed by atoms with E-state index in [1.165, 1.54) is 4.31 Å². The average molecular weight is 376 g/mol.